The Bertz CT molecular complexity index is 602. The van der Waals surface area contributed by atoms with Crippen LogP contribution in [0.5, 0.6) is 0 Å². The molecule has 1 aromatic rings. The maximum atomic E-state index is 12.9. The third-order valence-corrected chi connectivity index (χ3v) is 6.68. The summed E-state index contributed by atoms with van der Waals surface area (Å²) in [6, 6.07) is 7.93. The second-order valence-corrected chi connectivity index (χ2v) is 8.28. The van der Waals surface area contributed by atoms with Gasteiger partial charge in [-0.3, -0.25) is 0 Å². The van der Waals surface area contributed by atoms with Crippen molar-refractivity contribution < 1.29 is 8.42 Å². The average molecular weight is 374 g/mol. The molecule has 0 amide bonds. The van der Waals surface area contributed by atoms with Crippen LogP contribution in [0.25, 0.3) is 0 Å². The molecule has 0 bridgehead atoms. The molecule has 1 N–H and O–H groups in total. The number of rotatable bonds is 3. The fourth-order valence-electron chi connectivity index (χ4n) is 3.09. The van der Waals surface area contributed by atoms with Gasteiger partial charge < -0.3 is 5.32 Å². The van der Waals surface area contributed by atoms with Crippen LogP contribution >= 0.6 is 15.9 Å². The molecule has 0 radical (unpaired) electrons. The maximum Gasteiger partial charge on any atom is 0.282 e. The lowest BCUT2D eigenvalue weighted by Crippen LogP contribution is -2.51. The Morgan fingerprint density at radius 1 is 1.19 bits per heavy atom. The third kappa shape index (κ3) is 3.17. The Kier molecular flexibility index (Phi) is 4.66. The highest BCUT2D eigenvalue weighted by atomic mass is 79.9. The number of hydrogen-bond donors (Lipinski definition) is 1. The number of nitrogens with one attached hydrogen (secondary N) is 1. The zero-order chi connectivity index (χ0) is 14.9. The van der Waals surface area contributed by atoms with Crippen molar-refractivity contribution in [2.24, 2.45) is 0 Å². The zero-order valence-electron chi connectivity index (χ0n) is 11.8. The van der Waals surface area contributed by atoms with E-state index in [1.807, 2.05) is 24.3 Å². The smallest absolute Gasteiger partial charge is 0.282 e. The van der Waals surface area contributed by atoms with E-state index in [0.29, 0.717) is 19.6 Å². The van der Waals surface area contributed by atoms with Gasteiger partial charge in [-0.15, -0.1) is 0 Å². The first kappa shape index (κ1) is 15.4. The number of benzene rings is 1. The van der Waals surface area contributed by atoms with Crippen molar-refractivity contribution >= 4 is 26.1 Å². The second-order valence-electron chi connectivity index (χ2n) is 5.48. The summed E-state index contributed by atoms with van der Waals surface area (Å²) in [6.07, 6.45) is 1.81. The van der Waals surface area contributed by atoms with Gasteiger partial charge in [-0.05, 0) is 30.5 Å². The van der Waals surface area contributed by atoms with Crippen LogP contribution in [-0.2, 0) is 10.2 Å². The summed E-state index contributed by atoms with van der Waals surface area (Å²) < 4.78 is 30.0. The van der Waals surface area contributed by atoms with E-state index in [4.69, 9.17) is 0 Å². The highest BCUT2D eigenvalue weighted by molar-refractivity contribution is 9.10. The number of nitrogens with zero attached hydrogens (tertiary/aromatic N) is 2. The third-order valence-electron chi connectivity index (χ3n) is 4.14. The van der Waals surface area contributed by atoms with Gasteiger partial charge in [-0.2, -0.15) is 17.0 Å². The summed E-state index contributed by atoms with van der Waals surface area (Å²) in [4.78, 5) is 0. The van der Waals surface area contributed by atoms with Crippen LogP contribution in [-0.4, -0.2) is 49.8 Å². The quantitative estimate of drug-likeness (QED) is 0.877. The molecule has 0 saturated carbocycles. The molecule has 7 heteroatoms. The lowest BCUT2D eigenvalue weighted by Gasteiger charge is -2.33. The van der Waals surface area contributed by atoms with E-state index in [1.54, 1.807) is 8.61 Å². The van der Waals surface area contributed by atoms with E-state index >= 15 is 0 Å². The molecule has 0 aromatic heterocycles. The molecule has 3 rings (SSSR count). The average Bonchev–Trinajstić information content (AvgIpc) is 2.98. The van der Waals surface area contributed by atoms with E-state index in [2.05, 4.69) is 21.2 Å². The molecule has 0 aliphatic carbocycles. The van der Waals surface area contributed by atoms with Crippen molar-refractivity contribution in [2.75, 3.05) is 32.7 Å². The normalized spacial score (nSPS) is 25.3. The Balaban J connectivity index is 1.86. The lowest BCUT2D eigenvalue weighted by atomic mass is 10.1. The van der Waals surface area contributed by atoms with Crippen LogP contribution in [0.4, 0.5) is 0 Å². The highest BCUT2D eigenvalue weighted by Gasteiger charge is 2.39. The molecule has 2 saturated heterocycles. The van der Waals surface area contributed by atoms with Gasteiger partial charge in [0.1, 0.15) is 0 Å². The monoisotopic (exact) mass is 373 g/mol. The first-order valence-electron chi connectivity index (χ1n) is 7.32. The SMILES string of the molecule is O=S(=O)(N1CCNCC1)N1CCCC1c1cccc(Br)c1. The second kappa shape index (κ2) is 6.34. The summed E-state index contributed by atoms with van der Waals surface area (Å²) >= 11 is 3.47. The van der Waals surface area contributed by atoms with Crippen molar-refractivity contribution in [1.29, 1.82) is 0 Å². The molecule has 2 fully saturated rings. The minimum Gasteiger partial charge on any atom is -0.314 e. The largest absolute Gasteiger partial charge is 0.314 e. The van der Waals surface area contributed by atoms with Crippen molar-refractivity contribution in [1.82, 2.24) is 13.9 Å². The first-order chi connectivity index (χ1) is 10.1. The highest BCUT2D eigenvalue weighted by Crippen LogP contribution is 2.36. The Labute approximate surface area is 134 Å². The molecular weight excluding hydrogens is 354 g/mol. The van der Waals surface area contributed by atoms with Crippen LogP contribution in [0.15, 0.2) is 28.7 Å². The van der Waals surface area contributed by atoms with Gasteiger partial charge in [0.05, 0.1) is 6.04 Å². The number of piperazine rings is 1. The van der Waals surface area contributed by atoms with Gasteiger partial charge in [0.15, 0.2) is 0 Å². The molecule has 2 aliphatic rings. The Morgan fingerprint density at radius 2 is 1.95 bits per heavy atom. The summed E-state index contributed by atoms with van der Waals surface area (Å²) in [7, 11) is -3.36. The molecule has 1 atom stereocenters. The molecule has 2 aliphatic heterocycles. The van der Waals surface area contributed by atoms with Crippen molar-refractivity contribution in [3.8, 4) is 0 Å². The molecule has 5 nitrogen and oxygen atoms in total. The fraction of sp³-hybridized carbons (Fsp3) is 0.571. The van der Waals surface area contributed by atoms with Crippen LogP contribution in [0.2, 0.25) is 0 Å². The number of hydrogen-bond acceptors (Lipinski definition) is 3. The summed E-state index contributed by atoms with van der Waals surface area (Å²) in [5, 5.41) is 3.20. The van der Waals surface area contributed by atoms with Gasteiger partial charge in [-0.25, -0.2) is 0 Å². The van der Waals surface area contributed by atoms with E-state index in [-0.39, 0.29) is 6.04 Å². The Hall–Kier alpha value is -0.470. The van der Waals surface area contributed by atoms with Crippen molar-refractivity contribution in [3.05, 3.63) is 34.3 Å². The lowest BCUT2D eigenvalue weighted by molar-refractivity contribution is 0.304. The molecular formula is C14H20BrN3O2S. The van der Waals surface area contributed by atoms with Crippen LogP contribution < -0.4 is 5.32 Å². The van der Waals surface area contributed by atoms with E-state index in [9.17, 15) is 8.42 Å². The van der Waals surface area contributed by atoms with Gasteiger partial charge in [-0.1, -0.05) is 28.1 Å². The van der Waals surface area contributed by atoms with Crippen LogP contribution in [0, 0.1) is 0 Å². The van der Waals surface area contributed by atoms with Crippen LogP contribution in [0.1, 0.15) is 24.4 Å². The number of halogens is 1. The van der Waals surface area contributed by atoms with E-state index in [0.717, 1.165) is 36.0 Å². The van der Waals surface area contributed by atoms with Crippen molar-refractivity contribution in [3.63, 3.8) is 0 Å². The molecule has 0 spiro atoms. The summed E-state index contributed by atoms with van der Waals surface area (Å²) in [5.41, 5.74) is 1.07. The molecule has 1 aromatic carbocycles. The standard InChI is InChI=1S/C14H20BrN3O2S/c15-13-4-1-3-12(11-13)14-5-2-8-18(14)21(19,20)17-9-6-16-7-10-17/h1,3-4,11,14,16H,2,5-10H2. The Morgan fingerprint density at radius 3 is 2.67 bits per heavy atom. The van der Waals surface area contributed by atoms with Gasteiger partial charge in [0.25, 0.3) is 10.2 Å². The molecule has 2 heterocycles. The molecule has 116 valence electrons. The van der Waals surface area contributed by atoms with E-state index in [1.165, 1.54) is 0 Å². The fourth-order valence-corrected chi connectivity index (χ4v) is 5.35. The summed E-state index contributed by atoms with van der Waals surface area (Å²) in [6.45, 7) is 3.20. The predicted molar refractivity (Wildman–Crippen MR) is 86.2 cm³/mol. The minimum atomic E-state index is -3.36. The molecule has 1 unspecified atom stereocenters. The predicted octanol–water partition coefficient (Wildman–Crippen LogP) is 1.74. The van der Waals surface area contributed by atoms with Crippen LogP contribution in [0.3, 0.4) is 0 Å². The topological polar surface area (TPSA) is 52.7 Å². The maximum absolute atomic E-state index is 12.9. The molecule has 21 heavy (non-hydrogen) atoms. The zero-order valence-corrected chi connectivity index (χ0v) is 14.2. The van der Waals surface area contributed by atoms with Gasteiger partial charge in [0.2, 0.25) is 0 Å². The van der Waals surface area contributed by atoms with Gasteiger partial charge in [0, 0.05) is 37.2 Å². The van der Waals surface area contributed by atoms with Gasteiger partial charge >= 0.3 is 0 Å². The van der Waals surface area contributed by atoms with E-state index < -0.39 is 10.2 Å². The van der Waals surface area contributed by atoms with Crippen molar-refractivity contribution in [2.45, 2.75) is 18.9 Å². The first-order valence-corrected chi connectivity index (χ1v) is 9.51. The summed E-state index contributed by atoms with van der Waals surface area (Å²) in [5.74, 6) is 0. The minimum absolute atomic E-state index is 0.0395.